The fraction of sp³-hybridized carbons (Fsp3) is 0.600. The summed E-state index contributed by atoms with van der Waals surface area (Å²) < 4.78 is 11.4. The lowest BCUT2D eigenvalue weighted by Gasteiger charge is -2.21. The van der Waals surface area contributed by atoms with Gasteiger partial charge in [-0.25, -0.2) is 0 Å². The highest BCUT2D eigenvalue weighted by atomic mass is 16.5. The molecule has 1 aromatic rings. The Labute approximate surface area is 120 Å². The van der Waals surface area contributed by atoms with Gasteiger partial charge < -0.3 is 14.4 Å². The Hall–Kier alpha value is -1.96. The first kappa shape index (κ1) is 14.4. The van der Waals surface area contributed by atoms with E-state index in [-0.39, 0.29) is 0 Å². The largest absolute Gasteiger partial charge is 0.491 e. The first-order valence-corrected chi connectivity index (χ1v) is 7.33. The minimum absolute atomic E-state index is 0.417. The quantitative estimate of drug-likeness (QED) is 0.738. The van der Waals surface area contributed by atoms with Gasteiger partial charge in [0, 0.05) is 19.2 Å². The molecule has 0 aliphatic carbocycles. The molecule has 0 aromatic heterocycles. The van der Waals surface area contributed by atoms with Crippen LogP contribution < -0.4 is 14.4 Å². The molecule has 5 nitrogen and oxygen atoms in total. The summed E-state index contributed by atoms with van der Waals surface area (Å²) in [6.45, 7) is 7.24. The predicted octanol–water partition coefficient (Wildman–Crippen LogP) is 3.96. The number of nitrogens with zero attached hydrogens (tertiary/aromatic N) is 3. The maximum absolute atomic E-state index is 9.13. The Kier molecular flexibility index (Phi) is 5.05. The zero-order valence-electron chi connectivity index (χ0n) is 12.3. The number of diazo groups is 1. The van der Waals surface area contributed by atoms with Crippen molar-refractivity contribution >= 4 is 11.4 Å². The van der Waals surface area contributed by atoms with E-state index in [1.54, 1.807) is 6.07 Å². The molecule has 1 aliphatic rings. The molecule has 108 valence electrons. The summed E-state index contributed by atoms with van der Waals surface area (Å²) in [5.74, 6) is 1.37. The van der Waals surface area contributed by atoms with E-state index in [1.165, 1.54) is 12.8 Å². The van der Waals surface area contributed by atoms with Gasteiger partial charge in [-0.3, -0.25) is 0 Å². The summed E-state index contributed by atoms with van der Waals surface area (Å²) in [6.07, 6.45) is 3.34. The lowest BCUT2D eigenvalue weighted by Crippen LogP contribution is -2.19. The van der Waals surface area contributed by atoms with Crippen molar-refractivity contribution < 1.29 is 9.47 Å². The molecular formula is C15H22N3O2+. The summed E-state index contributed by atoms with van der Waals surface area (Å²) in [7, 11) is 0. The van der Waals surface area contributed by atoms with E-state index < -0.39 is 0 Å². The van der Waals surface area contributed by atoms with Gasteiger partial charge in [-0.2, -0.15) is 0 Å². The monoisotopic (exact) mass is 276 g/mol. The molecule has 0 amide bonds. The van der Waals surface area contributed by atoms with Crippen molar-refractivity contribution in [2.45, 2.75) is 33.1 Å². The van der Waals surface area contributed by atoms with Crippen molar-refractivity contribution in [1.82, 2.24) is 0 Å². The first-order chi connectivity index (χ1) is 9.80. The van der Waals surface area contributed by atoms with Gasteiger partial charge in [0.1, 0.15) is 0 Å². The Bertz CT molecular complexity index is 491. The fourth-order valence-corrected chi connectivity index (χ4v) is 2.42. The number of hydrogen-bond acceptors (Lipinski definition) is 4. The van der Waals surface area contributed by atoms with Gasteiger partial charge in [0.25, 0.3) is 0 Å². The van der Waals surface area contributed by atoms with Crippen molar-refractivity contribution in [3.05, 3.63) is 17.1 Å². The van der Waals surface area contributed by atoms with Crippen molar-refractivity contribution in [1.29, 1.82) is 5.39 Å². The second-order valence-electron chi connectivity index (χ2n) is 4.86. The molecule has 1 aliphatic heterocycles. The maximum atomic E-state index is 9.13. The number of anilines is 1. The molecule has 1 heterocycles. The van der Waals surface area contributed by atoms with Crippen LogP contribution in [0.2, 0.25) is 0 Å². The van der Waals surface area contributed by atoms with Crippen LogP contribution in [0.4, 0.5) is 11.4 Å². The summed E-state index contributed by atoms with van der Waals surface area (Å²) >= 11 is 0. The Morgan fingerprint density at radius 1 is 1.15 bits per heavy atom. The van der Waals surface area contributed by atoms with E-state index in [2.05, 4.69) is 16.8 Å². The molecule has 2 rings (SSSR count). The lowest BCUT2D eigenvalue weighted by atomic mass is 10.2. The van der Waals surface area contributed by atoms with Crippen LogP contribution in [0.25, 0.3) is 4.98 Å². The van der Waals surface area contributed by atoms with E-state index in [4.69, 9.17) is 14.9 Å². The number of rotatable bonds is 6. The van der Waals surface area contributed by atoms with Crippen LogP contribution in [0.1, 0.15) is 33.1 Å². The molecule has 0 atom stereocenters. The molecule has 0 spiro atoms. The third-order valence-corrected chi connectivity index (χ3v) is 3.36. The highest BCUT2D eigenvalue weighted by Crippen LogP contribution is 2.41. The van der Waals surface area contributed by atoms with Gasteiger partial charge in [0.2, 0.25) is 11.1 Å². The minimum atomic E-state index is 0.417. The predicted molar refractivity (Wildman–Crippen MR) is 79.6 cm³/mol. The summed E-state index contributed by atoms with van der Waals surface area (Å²) in [4.78, 5) is 5.60. The van der Waals surface area contributed by atoms with Gasteiger partial charge in [-0.1, -0.05) is 6.92 Å². The van der Waals surface area contributed by atoms with Gasteiger partial charge in [0.05, 0.1) is 25.0 Å². The first-order valence-electron chi connectivity index (χ1n) is 7.33. The zero-order valence-corrected chi connectivity index (χ0v) is 12.3. The van der Waals surface area contributed by atoms with Crippen LogP contribution in [0.15, 0.2) is 12.1 Å². The van der Waals surface area contributed by atoms with Crippen LogP contribution in [-0.2, 0) is 0 Å². The molecule has 1 saturated heterocycles. The topological polar surface area (TPSA) is 49.9 Å². The summed E-state index contributed by atoms with van der Waals surface area (Å²) in [5.41, 5.74) is 1.45. The van der Waals surface area contributed by atoms with Crippen molar-refractivity contribution in [2.75, 3.05) is 31.2 Å². The molecule has 0 saturated carbocycles. The molecule has 0 N–H and O–H groups in total. The second kappa shape index (κ2) is 6.99. The molecule has 1 aromatic carbocycles. The standard InChI is InChI=1S/C15H22N3O2/c1-3-9-20-15-10-12(17-16)14(19-4-2)11-13(15)18-7-5-6-8-18/h10-11H,3-9H2,1-2H3/q+1. The van der Waals surface area contributed by atoms with Crippen LogP contribution in [0.3, 0.4) is 0 Å². The van der Waals surface area contributed by atoms with Crippen LogP contribution >= 0.6 is 0 Å². The van der Waals surface area contributed by atoms with Crippen LogP contribution in [-0.4, -0.2) is 26.3 Å². The Balaban J connectivity index is 2.38. The van der Waals surface area contributed by atoms with E-state index in [9.17, 15) is 0 Å². The average Bonchev–Trinajstić information content (AvgIpc) is 2.99. The zero-order chi connectivity index (χ0) is 14.4. The van der Waals surface area contributed by atoms with E-state index >= 15 is 0 Å². The van der Waals surface area contributed by atoms with E-state index in [0.717, 1.165) is 30.9 Å². The van der Waals surface area contributed by atoms with Crippen molar-refractivity contribution in [3.8, 4) is 11.5 Å². The molecule has 5 heteroatoms. The normalized spacial score (nSPS) is 14.2. The van der Waals surface area contributed by atoms with Gasteiger partial charge in [-0.05, 0) is 26.2 Å². The van der Waals surface area contributed by atoms with Crippen LogP contribution in [0.5, 0.6) is 11.5 Å². The smallest absolute Gasteiger partial charge is 0.430 e. The number of benzene rings is 1. The molecule has 1 fully saturated rings. The van der Waals surface area contributed by atoms with E-state index in [0.29, 0.717) is 24.7 Å². The summed E-state index contributed by atoms with van der Waals surface area (Å²) in [6, 6.07) is 3.68. The Morgan fingerprint density at radius 2 is 1.90 bits per heavy atom. The minimum Gasteiger partial charge on any atom is -0.491 e. The van der Waals surface area contributed by atoms with Crippen molar-refractivity contribution in [2.24, 2.45) is 0 Å². The number of hydrogen-bond donors (Lipinski definition) is 0. The SMILES string of the molecule is CCCOc1cc([N+]#N)c(OCC)cc1N1CCCC1. The molecule has 0 bridgehead atoms. The average molecular weight is 276 g/mol. The van der Waals surface area contributed by atoms with Gasteiger partial charge >= 0.3 is 5.69 Å². The second-order valence-corrected chi connectivity index (χ2v) is 4.86. The maximum Gasteiger partial charge on any atom is 0.430 e. The number of ether oxygens (including phenoxy) is 2. The third kappa shape index (κ3) is 3.13. The van der Waals surface area contributed by atoms with Gasteiger partial charge in [-0.15, -0.1) is 0 Å². The highest BCUT2D eigenvalue weighted by molar-refractivity contribution is 5.72. The van der Waals surface area contributed by atoms with Crippen molar-refractivity contribution in [3.63, 3.8) is 0 Å². The molecule has 0 unspecified atom stereocenters. The third-order valence-electron chi connectivity index (χ3n) is 3.36. The van der Waals surface area contributed by atoms with Gasteiger partial charge in [0.15, 0.2) is 10.7 Å². The fourth-order valence-electron chi connectivity index (χ4n) is 2.42. The van der Waals surface area contributed by atoms with Crippen LogP contribution in [0, 0.1) is 5.39 Å². The highest BCUT2D eigenvalue weighted by Gasteiger charge is 2.25. The summed E-state index contributed by atoms with van der Waals surface area (Å²) in [5, 5.41) is 9.13. The Morgan fingerprint density at radius 3 is 2.50 bits per heavy atom. The lowest BCUT2D eigenvalue weighted by molar-refractivity contribution is 0.315. The molecular weight excluding hydrogens is 254 g/mol. The molecule has 20 heavy (non-hydrogen) atoms. The molecule has 0 radical (unpaired) electrons. The van der Waals surface area contributed by atoms with E-state index in [1.807, 2.05) is 13.0 Å².